The fourth-order valence-corrected chi connectivity index (χ4v) is 5.10. The van der Waals surface area contributed by atoms with E-state index in [4.69, 9.17) is 18.9 Å². The first-order chi connectivity index (χ1) is 12.5. The van der Waals surface area contributed by atoms with Crippen molar-refractivity contribution in [3.05, 3.63) is 0 Å². The molecule has 6 atom stereocenters. The molecule has 0 heterocycles. The van der Waals surface area contributed by atoms with E-state index in [-0.39, 0.29) is 24.8 Å². The first-order valence-corrected chi connectivity index (χ1v) is 11.0. The third kappa shape index (κ3) is 5.01. The van der Waals surface area contributed by atoms with Gasteiger partial charge in [-0.25, -0.2) is 0 Å². The minimum Gasteiger partial charge on any atom is -0.356 e. The summed E-state index contributed by atoms with van der Waals surface area (Å²) in [6, 6.07) is 0. The summed E-state index contributed by atoms with van der Waals surface area (Å²) in [5.74, 6) is 1.99. The summed E-state index contributed by atoms with van der Waals surface area (Å²) < 4.78 is 24.9. The van der Waals surface area contributed by atoms with Crippen LogP contribution in [0, 0.1) is 23.7 Å². The smallest absolute Gasteiger partial charge is 0.160 e. The quantitative estimate of drug-likeness (QED) is 0.528. The lowest BCUT2D eigenvalue weighted by molar-refractivity contribution is -0.244. The fourth-order valence-electron chi connectivity index (χ4n) is 5.10. The Kier molecular flexibility index (Phi) is 7.40. The third-order valence-electron chi connectivity index (χ3n) is 6.51. The molecule has 0 amide bonds. The van der Waals surface area contributed by atoms with Crippen molar-refractivity contribution in [2.45, 2.75) is 110 Å². The fraction of sp³-hybridized carbons (Fsp3) is 1.00. The topological polar surface area (TPSA) is 36.9 Å². The minimum atomic E-state index is -0.112. The molecule has 0 aliphatic heterocycles. The molecule has 0 aromatic heterocycles. The van der Waals surface area contributed by atoms with Gasteiger partial charge in [0.1, 0.15) is 0 Å². The number of fused-ring (bicyclic) bond motifs is 2. The number of hydrogen-bond donors (Lipinski definition) is 0. The lowest BCUT2D eigenvalue weighted by Gasteiger charge is -2.37. The van der Waals surface area contributed by atoms with Crippen LogP contribution in [0.4, 0.5) is 0 Å². The Labute approximate surface area is 160 Å². The first kappa shape index (κ1) is 20.6. The van der Waals surface area contributed by atoms with Crippen LogP contribution in [0.15, 0.2) is 0 Å². The van der Waals surface area contributed by atoms with Crippen LogP contribution in [0.25, 0.3) is 0 Å². The van der Waals surface area contributed by atoms with E-state index >= 15 is 0 Å². The highest BCUT2D eigenvalue weighted by molar-refractivity contribution is 4.98. The van der Waals surface area contributed by atoms with Crippen molar-refractivity contribution in [1.29, 1.82) is 0 Å². The van der Waals surface area contributed by atoms with Gasteiger partial charge in [-0.1, -0.05) is 47.0 Å². The Morgan fingerprint density at radius 3 is 1.77 bits per heavy atom. The van der Waals surface area contributed by atoms with Gasteiger partial charge in [0.15, 0.2) is 12.6 Å². The maximum absolute atomic E-state index is 6.57. The molecule has 0 radical (unpaired) electrons. The molecule has 3 fully saturated rings. The van der Waals surface area contributed by atoms with E-state index in [1.54, 1.807) is 7.11 Å². The lowest BCUT2D eigenvalue weighted by atomic mass is 9.94. The van der Waals surface area contributed by atoms with E-state index in [9.17, 15) is 0 Å². The highest BCUT2D eigenvalue weighted by Crippen LogP contribution is 2.48. The van der Waals surface area contributed by atoms with Crippen LogP contribution in [0.5, 0.6) is 0 Å². The van der Waals surface area contributed by atoms with Crippen LogP contribution < -0.4 is 0 Å². The van der Waals surface area contributed by atoms with Gasteiger partial charge in [-0.2, -0.15) is 0 Å². The van der Waals surface area contributed by atoms with Crippen LogP contribution in [0.1, 0.15) is 79.1 Å². The average molecular weight is 369 g/mol. The predicted molar refractivity (Wildman–Crippen MR) is 103 cm³/mol. The minimum absolute atomic E-state index is 0.0774. The van der Waals surface area contributed by atoms with Crippen LogP contribution >= 0.6 is 0 Å². The molecule has 3 aliphatic carbocycles. The zero-order valence-corrected chi connectivity index (χ0v) is 17.5. The van der Waals surface area contributed by atoms with Gasteiger partial charge in [0.25, 0.3) is 0 Å². The second kappa shape index (κ2) is 9.36. The maximum Gasteiger partial charge on any atom is 0.160 e. The highest BCUT2D eigenvalue weighted by Gasteiger charge is 2.49. The Balaban J connectivity index is 1.56. The van der Waals surface area contributed by atoms with Gasteiger partial charge in [0, 0.05) is 24.9 Å². The SMILES string of the molecule is COC(OC1CC2CC1[C@H](OC(OC1CCCCC1)C(C)C)C2)C(C)C. The molecule has 26 heavy (non-hydrogen) atoms. The van der Waals surface area contributed by atoms with Gasteiger partial charge < -0.3 is 18.9 Å². The van der Waals surface area contributed by atoms with Crippen LogP contribution in [0.3, 0.4) is 0 Å². The summed E-state index contributed by atoms with van der Waals surface area (Å²) >= 11 is 0. The average Bonchev–Trinajstić information content (AvgIpc) is 3.19. The maximum atomic E-state index is 6.57. The summed E-state index contributed by atoms with van der Waals surface area (Å²) in [5, 5.41) is 0. The van der Waals surface area contributed by atoms with Crippen molar-refractivity contribution in [1.82, 2.24) is 0 Å². The van der Waals surface area contributed by atoms with Gasteiger partial charge in [0.05, 0.1) is 18.3 Å². The predicted octanol–water partition coefficient (Wildman–Crippen LogP) is 5.15. The summed E-state index contributed by atoms with van der Waals surface area (Å²) in [5.41, 5.74) is 0. The summed E-state index contributed by atoms with van der Waals surface area (Å²) in [4.78, 5) is 0. The van der Waals surface area contributed by atoms with Crippen molar-refractivity contribution >= 4 is 0 Å². The molecule has 0 saturated heterocycles. The van der Waals surface area contributed by atoms with Crippen molar-refractivity contribution in [3.63, 3.8) is 0 Å². The summed E-state index contributed by atoms with van der Waals surface area (Å²) in [7, 11) is 1.75. The number of rotatable bonds is 9. The lowest BCUT2D eigenvalue weighted by Crippen LogP contribution is -2.41. The van der Waals surface area contributed by atoms with Crippen molar-refractivity contribution in [2.24, 2.45) is 23.7 Å². The van der Waals surface area contributed by atoms with Crippen molar-refractivity contribution in [3.8, 4) is 0 Å². The first-order valence-electron chi connectivity index (χ1n) is 11.0. The molecule has 0 aromatic rings. The highest BCUT2D eigenvalue weighted by atomic mass is 16.7. The molecule has 0 N–H and O–H groups in total. The molecule has 4 nitrogen and oxygen atoms in total. The van der Waals surface area contributed by atoms with E-state index in [1.807, 2.05) is 0 Å². The molecule has 4 heteroatoms. The Morgan fingerprint density at radius 1 is 0.692 bits per heavy atom. The van der Waals surface area contributed by atoms with Crippen molar-refractivity contribution in [2.75, 3.05) is 7.11 Å². The van der Waals surface area contributed by atoms with E-state index in [0.29, 0.717) is 23.9 Å². The monoisotopic (exact) mass is 368 g/mol. The van der Waals surface area contributed by atoms with Crippen LogP contribution in [-0.2, 0) is 18.9 Å². The molecule has 3 aliphatic rings. The zero-order chi connectivity index (χ0) is 18.7. The molecule has 0 aromatic carbocycles. The largest absolute Gasteiger partial charge is 0.356 e. The van der Waals surface area contributed by atoms with Gasteiger partial charge in [-0.05, 0) is 38.0 Å². The number of hydrogen-bond acceptors (Lipinski definition) is 4. The number of methoxy groups -OCH3 is 1. The third-order valence-corrected chi connectivity index (χ3v) is 6.51. The molecular weight excluding hydrogens is 328 g/mol. The normalized spacial score (nSPS) is 34.7. The molecule has 5 unspecified atom stereocenters. The molecule has 3 saturated carbocycles. The van der Waals surface area contributed by atoms with Gasteiger partial charge >= 0.3 is 0 Å². The molecule has 3 rings (SSSR count). The summed E-state index contributed by atoms with van der Waals surface area (Å²) in [6.07, 6.45) is 10.7. The van der Waals surface area contributed by atoms with E-state index in [0.717, 1.165) is 12.3 Å². The molecule has 2 bridgehead atoms. The Hall–Kier alpha value is -0.160. The molecule has 152 valence electrons. The van der Waals surface area contributed by atoms with E-state index < -0.39 is 0 Å². The van der Waals surface area contributed by atoms with Gasteiger partial charge in [-0.3, -0.25) is 0 Å². The summed E-state index contributed by atoms with van der Waals surface area (Å²) in [6.45, 7) is 8.74. The van der Waals surface area contributed by atoms with Crippen LogP contribution in [-0.4, -0.2) is 38.0 Å². The molecule has 0 spiro atoms. The zero-order valence-electron chi connectivity index (χ0n) is 17.5. The second-order valence-corrected chi connectivity index (χ2v) is 9.44. The van der Waals surface area contributed by atoms with Gasteiger partial charge in [0.2, 0.25) is 0 Å². The standard InChI is InChI=1S/C22H40O4/c1-14(2)21(23-5)25-19-12-16-11-18(19)20(13-16)26-22(15(3)4)24-17-9-7-6-8-10-17/h14-22H,6-13H2,1-5H3/t16?,18?,19?,20-,21?,22?/m1/s1. The van der Waals surface area contributed by atoms with Crippen LogP contribution in [0.2, 0.25) is 0 Å². The van der Waals surface area contributed by atoms with Crippen molar-refractivity contribution < 1.29 is 18.9 Å². The van der Waals surface area contributed by atoms with Gasteiger partial charge in [-0.15, -0.1) is 0 Å². The molecular formula is C22H40O4. The second-order valence-electron chi connectivity index (χ2n) is 9.44. The Bertz CT molecular complexity index is 418. The van der Waals surface area contributed by atoms with E-state index in [1.165, 1.54) is 44.9 Å². The van der Waals surface area contributed by atoms with E-state index in [2.05, 4.69) is 27.7 Å². The Morgan fingerprint density at radius 2 is 1.27 bits per heavy atom. The number of ether oxygens (including phenoxy) is 4.